The first kappa shape index (κ1) is 14.4. The third-order valence-electron chi connectivity index (χ3n) is 3.95. The normalized spacial score (nSPS) is 10.7. The Morgan fingerprint density at radius 2 is 1.54 bits per heavy atom. The highest BCUT2D eigenvalue weighted by Crippen LogP contribution is 2.30. The number of hydrogen-bond acceptors (Lipinski definition) is 3. The van der Waals surface area contributed by atoms with Crippen molar-refractivity contribution in [2.45, 2.75) is 6.92 Å². The molecule has 0 spiro atoms. The molecular weight excluding hydrogens is 296 g/mol. The minimum Gasteiger partial charge on any atom is -0.457 e. The predicted molar refractivity (Wildman–Crippen MR) is 96.2 cm³/mol. The van der Waals surface area contributed by atoms with Crippen LogP contribution >= 0.6 is 0 Å². The van der Waals surface area contributed by atoms with Crippen molar-refractivity contribution in [2.24, 2.45) is 0 Å². The van der Waals surface area contributed by atoms with Gasteiger partial charge in [0, 0.05) is 10.9 Å². The van der Waals surface area contributed by atoms with Gasteiger partial charge in [0.1, 0.15) is 17.8 Å². The van der Waals surface area contributed by atoms with Crippen LogP contribution in [0.25, 0.3) is 22.2 Å². The number of hydrogen-bond donors (Lipinski definition) is 0. The van der Waals surface area contributed by atoms with Gasteiger partial charge in [-0.3, -0.25) is 0 Å². The lowest BCUT2D eigenvalue weighted by Crippen LogP contribution is -1.91. The van der Waals surface area contributed by atoms with E-state index in [1.807, 2.05) is 60.7 Å². The molecule has 24 heavy (non-hydrogen) atoms. The molecule has 0 aliphatic rings. The fourth-order valence-corrected chi connectivity index (χ4v) is 2.80. The zero-order valence-corrected chi connectivity index (χ0v) is 13.3. The number of rotatable bonds is 3. The Morgan fingerprint density at radius 3 is 2.42 bits per heavy atom. The summed E-state index contributed by atoms with van der Waals surface area (Å²) in [5, 5.41) is 1.05. The van der Waals surface area contributed by atoms with Crippen LogP contribution in [0.5, 0.6) is 11.5 Å². The highest BCUT2D eigenvalue weighted by atomic mass is 16.5. The summed E-state index contributed by atoms with van der Waals surface area (Å²) in [6.45, 7) is 2.06. The van der Waals surface area contributed by atoms with Gasteiger partial charge in [0.2, 0.25) is 0 Å². The van der Waals surface area contributed by atoms with Crippen LogP contribution in [0.2, 0.25) is 0 Å². The first-order valence-corrected chi connectivity index (χ1v) is 7.85. The van der Waals surface area contributed by atoms with Gasteiger partial charge < -0.3 is 4.74 Å². The van der Waals surface area contributed by atoms with Crippen molar-refractivity contribution < 1.29 is 4.74 Å². The van der Waals surface area contributed by atoms with Crippen molar-refractivity contribution in [3.63, 3.8) is 0 Å². The summed E-state index contributed by atoms with van der Waals surface area (Å²) < 4.78 is 5.93. The molecule has 4 aromatic rings. The molecule has 3 nitrogen and oxygen atoms in total. The lowest BCUT2D eigenvalue weighted by atomic mass is 10.0. The minimum absolute atomic E-state index is 0.790. The van der Waals surface area contributed by atoms with Gasteiger partial charge in [0.05, 0.1) is 11.2 Å². The van der Waals surface area contributed by atoms with Gasteiger partial charge in [-0.25, -0.2) is 9.97 Å². The van der Waals surface area contributed by atoms with Gasteiger partial charge in [-0.2, -0.15) is 0 Å². The molecule has 0 amide bonds. The topological polar surface area (TPSA) is 35.0 Å². The Kier molecular flexibility index (Phi) is 3.67. The summed E-state index contributed by atoms with van der Waals surface area (Å²) in [5.74, 6) is 1.61. The van der Waals surface area contributed by atoms with Crippen LogP contribution in [0.1, 0.15) is 5.56 Å². The van der Waals surface area contributed by atoms with E-state index in [9.17, 15) is 0 Å². The van der Waals surface area contributed by atoms with Crippen LogP contribution in [0.3, 0.4) is 0 Å². The molecule has 0 fully saturated rings. The molecule has 0 aliphatic heterocycles. The first-order valence-electron chi connectivity index (χ1n) is 7.85. The molecule has 0 aliphatic carbocycles. The van der Waals surface area contributed by atoms with Gasteiger partial charge >= 0.3 is 0 Å². The Labute approximate surface area is 140 Å². The van der Waals surface area contributed by atoms with E-state index in [0.717, 1.165) is 39.2 Å². The molecule has 0 N–H and O–H groups in total. The van der Waals surface area contributed by atoms with E-state index in [4.69, 9.17) is 4.74 Å². The van der Waals surface area contributed by atoms with E-state index in [1.165, 1.54) is 0 Å². The molecule has 4 rings (SSSR count). The SMILES string of the molecule is Cc1cccc2c(-c3cccc(Oc4ccccc4)c3)ncnc12. The lowest BCUT2D eigenvalue weighted by Gasteiger charge is -2.09. The van der Waals surface area contributed by atoms with E-state index in [1.54, 1.807) is 6.33 Å². The second kappa shape index (κ2) is 6.13. The molecule has 1 heterocycles. The Hall–Kier alpha value is -3.20. The van der Waals surface area contributed by atoms with Gasteiger partial charge in [0.25, 0.3) is 0 Å². The average Bonchev–Trinajstić information content (AvgIpc) is 2.63. The quantitative estimate of drug-likeness (QED) is 0.508. The first-order chi connectivity index (χ1) is 11.8. The monoisotopic (exact) mass is 312 g/mol. The average molecular weight is 312 g/mol. The maximum Gasteiger partial charge on any atom is 0.128 e. The van der Waals surface area contributed by atoms with Crippen LogP contribution in [-0.4, -0.2) is 9.97 Å². The number of aromatic nitrogens is 2. The molecular formula is C21H16N2O. The molecule has 0 saturated carbocycles. The molecule has 1 aromatic heterocycles. The maximum atomic E-state index is 5.93. The van der Waals surface area contributed by atoms with Gasteiger partial charge in [-0.1, -0.05) is 48.5 Å². The van der Waals surface area contributed by atoms with E-state index < -0.39 is 0 Å². The van der Waals surface area contributed by atoms with Gasteiger partial charge in [0.15, 0.2) is 0 Å². The number of aryl methyl sites for hydroxylation is 1. The molecule has 3 aromatic carbocycles. The van der Waals surface area contributed by atoms with Gasteiger partial charge in [-0.15, -0.1) is 0 Å². The summed E-state index contributed by atoms with van der Waals surface area (Å²) in [4.78, 5) is 8.91. The van der Waals surface area contributed by atoms with E-state index in [2.05, 4.69) is 29.0 Å². The number of benzene rings is 3. The Balaban J connectivity index is 1.78. The fraction of sp³-hybridized carbons (Fsp3) is 0.0476. The van der Waals surface area contributed by atoms with Crippen molar-refractivity contribution in [3.05, 3.63) is 84.7 Å². The molecule has 0 unspecified atom stereocenters. The summed E-state index contributed by atoms with van der Waals surface area (Å²) in [6, 6.07) is 23.9. The van der Waals surface area contributed by atoms with Crippen LogP contribution in [0.4, 0.5) is 0 Å². The van der Waals surface area contributed by atoms with Gasteiger partial charge in [-0.05, 0) is 36.8 Å². The van der Waals surface area contributed by atoms with E-state index >= 15 is 0 Å². The number of para-hydroxylation sites is 2. The van der Waals surface area contributed by atoms with E-state index in [0.29, 0.717) is 0 Å². The minimum atomic E-state index is 0.790. The van der Waals surface area contributed by atoms with Crippen molar-refractivity contribution >= 4 is 10.9 Å². The van der Waals surface area contributed by atoms with Crippen molar-refractivity contribution in [1.82, 2.24) is 9.97 Å². The summed E-state index contributed by atoms with van der Waals surface area (Å²) in [6.07, 6.45) is 1.62. The number of fused-ring (bicyclic) bond motifs is 1. The van der Waals surface area contributed by atoms with Crippen LogP contribution in [-0.2, 0) is 0 Å². The summed E-state index contributed by atoms with van der Waals surface area (Å²) in [7, 11) is 0. The molecule has 3 heteroatoms. The predicted octanol–water partition coefficient (Wildman–Crippen LogP) is 5.40. The van der Waals surface area contributed by atoms with Crippen LogP contribution < -0.4 is 4.74 Å². The zero-order valence-electron chi connectivity index (χ0n) is 13.3. The zero-order chi connectivity index (χ0) is 16.4. The smallest absolute Gasteiger partial charge is 0.128 e. The highest BCUT2D eigenvalue weighted by Gasteiger charge is 2.09. The molecule has 116 valence electrons. The molecule has 0 radical (unpaired) electrons. The summed E-state index contributed by atoms with van der Waals surface area (Å²) >= 11 is 0. The Morgan fingerprint density at radius 1 is 0.750 bits per heavy atom. The second-order valence-electron chi connectivity index (χ2n) is 5.64. The maximum absolute atomic E-state index is 5.93. The largest absolute Gasteiger partial charge is 0.457 e. The van der Waals surface area contributed by atoms with Crippen molar-refractivity contribution in [3.8, 4) is 22.8 Å². The fourth-order valence-electron chi connectivity index (χ4n) is 2.80. The van der Waals surface area contributed by atoms with Crippen molar-refractivity contribution in [2.75, 3.05) is 0 Å². The highest BCUT2D eigenvalue weighted by molar-refractivity contribution is 5.93. The molecule has 0 atom stereocenters. The number of nitrogens with zero attached hydrogens (tertiary/aromatic N) is 2. The standard InChI is InChI=1S/C21H16N2O/c1-15-7-5-12-19-20(15)22-14-23-21(19)16-8-6-11-18(13-16)24-17-9-3-2-4-10-17/h2-14H,1H3. The second-order valence-corrected chi connectivity index (χ2v) is 5.64. The summed E-state index contributed by atoms with van der Waals surface area (Å²) in [5.41, 5.74) is 4.06. The third kappa shape index (κ3) is 2.72. The molecule has 0 saturated heterocycles. The van der Waals surface area contributed by atoms with E-state index in [-0.39, 0.29) is 0 Å². The Bertz CT molecular complexity index is 997. The van der Waals surface area contributed by atoms with Crippen molar-refractivity contribution in [1.29, 1.82) is 0 Å². The molecule has 0 bridgehead atoms. The van der Waals surface area contributed by atoms with Crippen LogP contribution in [0.15, 0.2) is 79.1 Å². The lowest BCUT2D eigenvalue weighted by molar-refractivity contribution is 0.483. The van der Waals surface area contributed by atoms with Crippen LogP contribution in [0, 0.1) is 6.92 Å². The third-order valence-corrected chi connectivity index (χ3v) is 3.95. The number of ether oxygens (including phenoxy) is 1.